The highest BCUT2D eigenvalue weighted by molar-refractivity contribution is 5.93. The van der Waals surface area contributed by atoms with Gasteiger partial charge in [0.25, 0.3) is 5.91 Å². The second-order valence-electron chi connectivity index (χ2n) is 8.50. The third-order valence-electron chi connectivity index (χ3n) is 5.26. The maximum absolute atomic E-state index is 12.8. The molecule has 3 rings (SSSR count). The van der Waals surface area contributed by atoms with Gasteiger partial charge in [0.15, 0.2) is 0 Å². The average Bonchev–Trinajstić information content (AvgIpc) is 3.30. The lowest BCUT2D eigenvalue weighted by Gasteiger charge is -2.33. The molecule has 0 bridgehead atoms. The summed E-state index contributed by atoms with van der Waals surface area (Å²) in [5, 5.41) is 10.6. The number of rotatable bonds is 4. The van der Waals surface area contributed by atoms with Gasteiger partial charge in [-0.15, -0.1) is 12.4 Å². The standard InChI is InChI=1S/C19H31N5O2.ClH/c1-19(2,3)24-13-15(11-22-24)18(26)23-9-5-6-14(12-23)10-21-17(25)16-7-4-8-20-16;/h11,13-14,16,20H,4-10,12H2,1-3H3,(H,21,25);1H. The van der Waals surface area contributed by atoms with Crippen molar-refractivity contribution in [2.75, 3.05) is 26.2 Å². The number of nitrogens with zero attached hydrogens (tertiary/aromatic N) is 3. The summed E-state index contributed by atoms with van der Waals surface area (Å²) in [6.07, 6.45) is 7.49. The first kappa shape index (κ1) is 21.7. The molecule has 2 fully saturated rings. The number of piperidine rings is 1. The van der Waals surface area contributed by atoms with E-state index in [0.29, 0.717) is 24.6 Å². The van der Waals surface area contributed by atoms with Crippen molar-refractivity contribution in [2.24, 2.45) is 5.92 Å². The van der Waals surface area contributed by atoms with Gasteiger partial charge in [0, 0.05) is 25.8 Å². The van der Waals surface area contributed by atoms with E-state index in [1.165, 1.54) is 0 Å². The Bertz CT molecular complexity index is 649. The van der Waals surface area contributed by atoms with Gasteiger partial charge < -0.3 is 15.5 Å². The predicted molar refractivity (Wildman–Crippen MR) is 107 cm³/mol. The quantitative estimate of drug-likeness (QED) is 0.811. The highest BCUT2D eigenvalue weighted by Crippen LogP contribution is 2.20. The Kier molecular flexibility index (Phi) is 7.28. The summed E-state index contributed by atoms with van der Waals surface area (Å²) in [6, 6.07) is -0.0421. The van der Waals surface area contributed by atoms with E-state index in [-0.39, 0.29) is 35.8 Å². The first-order valence-corrected chi connectivity index (χ1v) is 9.70. The molecule has 0 aromatic carbocycles. The van der Waals surface area contributed by atoms with Gasteiger partial charge in [0.2, 0.25) is 5.91 Å². The van der Waals surface area contributed by atoms with E-state index in [1.54, 1.807) is 6.20 Å². The van der Waals surface area contributed by atoms with E-state index < -0.39 is 0 Å². The van der Waals surface area contributed by atoms with Crippen LogP contribution in [0.5, 0.6) is 0 Å². The SMILES string of the molecule is CC(C)(C)n1cc(C(=O)N2CCCC(CNC(=O)C3CCCN3)C2)cn1.Cl. The molecule has 7 nitrogen and oxygen atoms in total. The normalized spacial score (nSPS) is 23.0. The van der Waals surface area contributed by atoms with E-state index in [9.17, 15) is 9.59 Å². The average molecular weight is 398 g/mol. The lowest BCUT2D eigenvalue weighted by molar-refractivity contribution is -0.123. The third-order valence-corrected chi connectivity index (χ3v) is 5.26. The lowest BCUT2D eigenvalue weighted by atomic mass is 9.97. The largest absolute Gasteiger partial charge is 0.354 e. The summed E-state index contributed by atoms with van der Waals surface area (Å²) >= 11 is 0. The summed E-state index contributed by atoms with van der Waals surface area (Å²) in [4.78, 5) is 26.9. The molecule has 0 radical (unpaired) electrons. The molecule has 2 amide bonds. The Hall–Kier alpha value is -1.60. The van der Waals surface area contributed by atoms with Crippen LogP contribution in [0, 0.1) is 5.92 Å². The third kappa shape index (κ3) is 5.45. The molecule has 2 atom stereocenters. The minimum atomic E-state index is -0.137. The molecule has 0 aliphatic carbocycles. The summed E-state index contributed by atoms with van der Waals surface area (Å²) in [6.45, 7) is 9.22. The van der Waals surface area contributed by atoms with Crippen LogP contribution in [-0.2, 0) is 10.3 Å². The zero-order chi connectivity index (χ0) is 18.7. The number of nitrogens with one attached hydrogen (secondary N) is 2. The minimum absolute atomic E-state index is 0. The van der Waals surface area contributed by atoms with Gasteiger partial charge >= 0.3 is 0 Å². The summed E-state index contributed by atoms with van der Waals surface area (Å²) in [5.41, 5.74) is 0.501. The first-order valence-electron chi connectivity index (χ1n) is 9.70. The number of aromatic nitrogens is 2. The Morgan fingerprint density at radius 3 is 2.70 bits per heavy atom. The molecule has 0 saturated carbocycles. The van der Waals surface area contributed by atoms with Gasteiger partial charge in [-0.3, -0.25) is 14.3 Å². The molecule has 27 heavy (non-hydrogen) atoms. The van der Waals surface area contributed by atoms with Gasteiger partial charge in [0.1, 0.15) is 0 Å². The minimum Gasteiger partial charge on any atom is -0.354 e. The van der Waals surface area contributed by atoms with Gasteiger partial charge in [0.05, 0.1) is 23.3 Å². The summed E-state index contributed by atoms with van der Waals surface area (Å²) < 4.78 is 1.83. The smallest absolute Gasteiger partial charge is 0.257 e. The molecule has 2 aliphatic rings. The Morgan fingerprint density at radius 2 is 2.07 bits per heavy atom. The monoisotopic (exact) mass is 397 g/mol. The van der Waals surface area contributed by atoms with Crippen LogP contribution in [0.2, 0.25) is 0 Å². The molecule has 152 valence electrons. The van der Waals surface area contributed by atoms with E-state index in [1.807, 2.05) is 15.8 Å². The van der Waals surface area contributed by atoms with Crippen LogP contribution in [-0.4, -0.2) is 58.7 Å². The highest BCUT2D eigenvalue weighted by atomic mass is 35.5. The molecule has 0 spiro atoms. The van der Waals surface area contributed by atoms with Crippen molar-refractivity contribution >= 4 is 24.2 Å². The molecule has 2 unspecified atom stereocenters. The van der Waals surface area contributed by atoms with Crippen molar-refractivity contribution in [3.8, 4) is 0 Å². The van der Waals surface area contributed by atoms with Crippen molar-refractivity contribution in [1.82, 2.24) is 25.3 Å². The maximum atomic E-state index is 12.8. The fraction of sp³-hybridized carbons (Fsp3) is 0.737. The number of likely N-dealkylation sites (tertiary alicyclic amines) is 1. The van der Waals surface area contributed by atoms with E-state index in [4.69, 9.17) is 0 Å². The van der Waals surface area contributed by atoms with E-state index in [0.717, 1.165) is 38.8 Å². The molecular formula is C19H32ClN5O2. The number of hydrogen-bond donors (Lipinski definition) is 2. The van der Waals surface area contributed by atoms with Crippen molar-refractivity contribution in [3.05, 3.63) is 18.0 Å². The molecule has 1 aromatic heterocycles. The fourth-order valence-electron chi connectivity index (χ4n) is 3.68. The highest BCUT2D eigenvalue weighted by Gasteiger charge is 2.28. The second kappa shape index (κ2) is 9.06. The maximum Gasteiger partial charge on any atom is 0.257 e. The zero-order valence-electron chi connectivity index (χ0n) is 16.5. The molecule has 3 heterocycles. The van der Waals surface area contributed by atoms with Crippen molar-refractivity contribution < 1.29 is 9.59 Å². The topological polar surface area (TPSA) is 79.3 Å². The van der Waals surface area contributed by atoms with Crippen molar-refractivity contribution in [2.45, 2.75) is 58.0 Å². The van der Waals surface area contributed by atoms with Crippen LogP contribution < -0.4 is 10.6 Å². The van der Waals surface area contributed by atoms with E-state index in [2.05, 4.69) is 36.5 Å². The summed E-state index contributed by atoms with van der Waals surface area (Å²) in [5.74, 6) is 0.446. The molecule has 1 aromatic rings. The molecule has 2 saturated heterocycles. The Balaban J connectivity index is 0.00000261. The second-order valence-corrected chi connectivity index (χ2v) is 8.50. The van der Waals surface area contributed by atoms with Crippen LogP contribution in [0.1, 0.15) is 56.8 Å². The molecule has 8 heteroatoms. The number of carbonyl (C=O) groups is 2. The Labute approximate surface area is 167 Å². The fourth-order valence-corrected chi connectivity index (χ4v) is 3.68. The van der Waals surface area contributed by atoms with E-state index >= 15 is 0 Å². The summed E-state index contributed by atoms with van der Waals surface area (Å²) in [7, 11) is 0. The van der Waals surface area contributed by atoms with Gasteiger partial charge in [-0.05, 0) is 58.9 Å². The van der Waals surface area contributed by atoms with Gasteiger partial charge in [-0.25, -0.2) is 0 Å². The number of carbonyl (C=O) groups excluding carboxylic acids is 2. The van der Waals surface area contributed by atoms with Crippen LogP contribution in [0.15, 0.2) is 12.4 Å². The predicted octanol–water partition coefficient (Wildman–Crippen LogP) is 1.78. The van der Waals surface area contributed by atoms with Crippen LogP contribution in [0.25, 0.3) is 0 Å². The number of amides is 2. The first-order chi connectivity index (χ1) is 12.3. The molecule has 2 aliphatic heterocycles. The zero-order valence-corrected chi connectivity index (χ0v) is 17.3. The Morgan fingerprint density at radius 1 is 1.30 bits per heavy atom. The molecule has 2 N–H and O–H groups in total. The number of halogens is 1. The molecular weight excluding hydrogens is 366 g/mol. The van der Waals surface area contributed by atoms with Crippen LogP contribution in [0.4, 0.5) is 0 Å². The number of hydrogen-bond acceptors (Lipinski definition) is 4. The van der Waals surface area contributed by atoms with Crippen LogP contribution >= 0.6 is 12.4 Å². The van der Waals surface area contributed by atoms with Crippen LogP contribution in [0.3, 0.4) is 0 Å². The van der Waals surface area contributed by atoms with Crippen molar-refractivity contribution in [3.63, 3.8) is 0 Å². The van der Waals surface area contributed by atoms with Crippen molar-refractivity contribution in [1.29, 1.82) is 0 Å². The lowest BCUT2D eigenvalue weighted by Crippen LogP contribution is -2.46. The van der Waals surface area contributed by atoms with Gasteiger partial charge in [-0.1, -0.05) is 0 Å². The van der Waals surface area contributed by atoms with Gasteiger partial charge in [-0.2, -0.15) is 5.10 Å².